The normalized spacial score (nSPS) is 15.9. The van der Waals surface area contributed by atoms with Crippen molar-refractivity contribution in [2.75, 3.05) is 7.11 Å². The van der Waals surface area contributed by atoms with E-state index in [9.17, 15) is 14.7 Å². The van der Waals surface area contributed by atoms with Gasteiger partial charge >= 0.3 is 0 Å². The van der Waals surface area contributed by atoms with Gasteiger partial charge in [-0.25, -0.2) is 0 Å². The van der Waals surface area contributed by atoms with Crippen molar-refractivity contribution < 1.29 is 19.4 Å². The number of phenols is 1. The molecule has 2 amide bonds. The minimum Gasteiger partial charge on any atom is -0.507 e. The summed E-state index contributed by atoms with van der Waals surface area (Å²) in [6.45, 7) is 0.188. The highest BCUT2D eigenvalue weighted by atomic mass is 79.9. The lowest BCUT2D eigenvalue weighted by atomic mass is 10.1. The maximum Gasteiger partial charge on any atom is 0.293 e. The lowest BCUT2D eigenvalue weighted by Crippen LogP contribution is -2.27. The van der Waals surface area contributed by atoms with Crippen molar-refractivity contribution in [3.8, 4) is 11.5 Å². The van der Waals surface area contributed by atoms with Crippen LogP contribution in [0.1, 0.15) is 11.1 Å². The van der Waals surface area contributed by atoms with Crippen LogP contribution >= 0.6 is 27.7 Å². The number of rotatable bonds is 4. The standard InChI is InChI=1S/C18H14BrNO4S/c1-24-13-6-7-15(21)12(8-13)9-16-17(22)20(18(23)25-16)10-11-4-2-3-5-14(11)19/h2-9,21H,10H2,1H3/b16-9-. The summed E-state index contributed by atoms with van der Waals surface area (Å²) in [7, 11) is 1.52. The first-order chi connectivity index (χ1) is 12.0. The van der Waals surface area contributed by atoms with Crippen LogP contribution in [0, 0.1) is 0 Å². The van der Waals surface area contributed by atoms with Crippen LogP contribution in [-0.4, -0.2) is 28.3 Å². The monoisotopic (exact) mass is 419 g/mol. The molecule has 128 valence electrons. The number of hydrogen-bond acceptors (Lipinski definition) is 5. The van der Waals surface area contributed by atoms with Crippen LogP contribution in [0.2, 0.25) is 0 Å². The molecular formula is C18H14BrNO4S. The Balaban J connectivity index is 1.87. The van der Waals surface area contributed by atoms with Gasteiger partial charge in [-0.1, -0.05) is 34.1 Å². The van der Waals surface area contributed by atoms with Crippen molar-refractivity contribution in [1.82, 2.24) is 4.90 Å². The van der Waals surface area contributed by atoms with Crippen molar-refractivity contribution in [1.29, 1.82) is 0 Å². The number of thioether (sulfide) groups is 1. The minimum atomic E-state index is -0.382. The number of hydrogen-bond donors (Lipinski definition) is 1. The number of nitrogens with zero attached hydrogens (tertiary/aromatic N) is 1. The molecule has 1 saturated heterocycles. The van der Waals surface area contributed by atoms with Crippen molar-refractivity contribution in [3.05, 3.63) is 63.0 Å². The average Bonchev–Trinajstić information content (AvgIpc) is 2.86. The van der Waals surface area contributed by atoms with Gasteiger partial charge in [-0.3, -0.25) is 14.5 Å². The Labute approximate surface area is 157 Å². The summed E-state index contributed by atoms with van der Waals surface area (Å²) >= 11 is 4.28. The van der Waals surface area contributed by atoms with E-state index in [2.05, 4.69) is 15.9 Å². The van der Waals surface area contributed by atoms with E-state index >= 15 is 0 Å². The van der Waals surface area contributed by atoms with Gasteiger partial charge in [0.25, 0.3) is 11.1 Å². The van der Waals surface area contributed by atoms with Crippen molar-refractivity contribution >= 4 is 44.9 Å². The predicted molar refractivity (Wildman–Crippen MR) is 100 cm³/mol. The molecule has 5 nitrogen and oxygen atoms in total. The summed E-state index contributed by atoms with van der Waals surface area (Å²) < 4.78 is 5.96. The fourth-order valence-electron chi connectivity index (χ4n) is 2.35. The topological polar surface area (TPSA) is 66.8 Å². The molecule has 0 radical (unpaired) electrons. The fraction of sp³-hybridized carbons (Fsp3) is 0.111. The summed E-state index contributed by atoms with van der Waals surface area (Å²) in [6, 6.07) is 12.1. The molecule has 0 atom stereocenters. The van der Waals surface area contributed by atoms with E-state index in [-0.39, 0.29) is 28.3 Å². The van der Waals surface area contributed by atoms with Crippen LogP contribution in [0.25, 0.3) is 6.08 Å². The Bertz CT molecular complexity index is 881. The third-order valence-electron chi connectivity index (χ3n) is 3.68. The largest absolute Gasteiger partial charge is 0.507 e. The zero-order valence-corrected chi connectivity index (χ0v) is 15.6. The molecule has 0 bridgehead atoms. The van der Waals surface area contributed by atoms with E-state index in [1.807, 2.05) is 24.3 Å². The fourth-order valence-corrected chi connectivity index (χ4v) is 3.59. The van der Waals surface area contributed by atoms with Crippen LogP contribution < -0.4 is 4.74 Å². The van der Waals surface area contributed by atoms with Crippen molar-refractivity contribution in [3.63, 3.8) is 0 Å². The molecule has 7 heteroatoms. The lowest BCUT2D eigenvalue weighted by molar-refractivity contribution is -0.123. The van der Waals surface area contributed by atoms with Crippen molar-refractivity contribution in [2.45, 2.75) is 6.54 Å². The van der Waals surface area contributed by atoms with Crippen LogP contribution in [0.15, 0.2) is 51.8 Å². The molecule has 1 heterocycles. The van der Waals surface area contributed by atoms with Gasteiger partial charge in [-0.05, 0) is 47.7 Å². The maximum absolute atomic E-state index is 12.6. The van der Waals surface area contributed by atoms with Gasteiger partial charge in [-0.15, -0.1) is 0 Å². The Morgan fingerprint density at radius 3 is 2.72 bits per heavy atom. The second-order valence-electron chi connectivity index (χ2n) is 5.28. The molecule has 2 aromatic rings. The summed E-state index contributed by atoms with van der Waals surface area (Å²) in [5.74, 6) is 0.183. The quantitative estimate of drug-likeness (QED) is 0.743. The number of methoxy groups -OCH3 is 1. The van der Waals surface area contributed by atoms with Crippen LogP contribution in [0.5, 0.6) is 11.5 Å². The second kappa shape index (κ2) is 7.33. The van der Waals surface area contributed by atoms with Gasteiger partial charge in [0.1, 0.15) is 11.5 Å². The highest BCUT2D eigenvalue weighted by molar-refractivity contribution is 9.10. The zero-order valence-electron chi connectivity index (χ0n) is 13.2. The Kier molecular flexibility index (Phi) is 5.15. The van der Waals surface area contributed by atoms with Crippen LogP contribution in [0.3, 0.4) is 0 Å². The maximum atomic E-state index is 12.6. The third-order valence-corrected chi connectivity index (χ3v) is 5.36. The van der Waals surface area contributed by atoms with Crippen LogP contribution in [-0.2, 0) is 11.3 Å². The highest BCUT2D eigenvalue weighted by Gasteiger charge is 2.35. The van der Waals surface area contributed by atoms with E-state index in [0.717, 1.165) is 21.8 Å². The highest BCUT2D eigenvalue weighted by Crippen LogP contribution is 2.36. The van der Waals surface area contributed by atoms with Gasteiger partial charge in [0.2, 0.25) is 0 Å². The zero-order chi connectivity index (χ0) is 18.0. The number of carbonyl (C=O) groups excluding carboxylic acids is 2. The summed E-state index contributed by atoms with van der Waals surface area (Å²) in [5, 5.41) is 9.62. The van der Waals surface area contributed by atoms with Gasteiger partial charge in [0.05, 0.1) is 18.6 Å². The van der Waals surface area contributed by atoms with E-state index in [1.165, 1.54) is 24.2 Å². The van der Waals surface area contributed by atoms with E-state index in [0.29, 0.717) is 11.3 Å². The number of benzene rings is 2. The lowest BCUT2D eigenvalue weighted by Gasteiger charge is -2.13. The molecule has 0 aromatic heterocycles. The Morgan fingerprint density at radius 1 is 1.24 bits per heavy atom. The molecule has 0 aliphatic carbocycles. The molecule has 1 fully saturated rings. The molecule has 0 saturated carbocycles. The van der Waals surface area contributed by atoms with Crippen LogP contribution in [0.4, 0.5) is 4.79 Å². The number of imide groups is 1. The first-order valence-electron chi connectivity index (χ1n) is 7.35. The summed E-state index contributed by atoms with van der Waals surface area (Å²) in [6.07, 6.45) is 1.50. The number of phenolic OH excluding ortho intramolecular Hbond substituents is 1. The Hall–Kier alpha value is -2.25. The molecular weight excluding hydrogens is 406 g/mol. The molecule has 1 N–H and O–H groups in total. The minimum absolute atomic E-state index is 0.0124. The molecule has 25 heavy (non-hydrogen) atoms. The number of aromatic hydroxyl groups is 1. The molecule has 1 aliphatic rings. The summed E-state index contributed by atoms with van der Waals surface area (Å²) in [4.78, 5) is 26.3. The molecule has 3 rings (SSSR count). The summed E-state index contributed by atoms with van der Waals surface area (Å²) in [5.41, 5.74) is 1.26. The van der Waals surface area contributed by atoms with Crippen molar-refractivity contribution in [2.24, 2.45) is 0 Å². The second-order valence-corrected chi connectivity index (χ2v) is 7.13. The van der Waals surface area contributed by atoms with E-state index < -0.39 is 0 Å². The first kappa shape index (κ1) is 17.6. The number of amides is 2. The van der Waals surface area contributed by atoms with Gasteiger partial charge in [0, 0.05) is 10.0 Å². The van der Waals surface area contributed by atoms with E-state index in [1.54, 1.807) is 12.1 Å². The molecule has 0 spiro atoms. The number of ether oxygens (including phenoxy) is 1. The third kappa shape index (κ3) is 3.72. The average molecular weight is 420 g/mol. The van der Waals surface area contributed by atoms with Gasteiger partial charge < -0.3 is 9.84 Å². The number of carbonyl (C=O) groups is 2. The smallest absolute Gasteiger partial charge is 0.293 e. The first-order valence-corrected chi connectivity index (χ1v) is 8.96. The van der Waals surface area contributed by atoms with Gasteiger partial charge in [0.15, 0.2) is 0 Å². The molecule has 1 aliphatic heterocycles. The van der Waals surface area contributed by atoms with Gasteiger partial charge in [-0.2, -0.15) is 0 Å². The van der Waals surface area contributed by atoms with E-state index in [4.69, 9.17) is 4.74 Å². The number of halogens is 1. The Morgan fingerprint density at radius 2 is 2.00 bits per heavy atom. The molecule has 0 unspecified atom stereocenters. The predicted octanol–water partition coefficient (Wildman–Crippen LogP) is 4.40. The SMILES string of the molecule is COc1ccc(O)c(/C=C2\SC(=O)N(Cc3ccccc3Br)C2=O)c1. The molecule has 2 aromatic carbocycles.